The van der Waals surface area contributed by atoms with Crippen LogP contribution in [-0.2, 0) is 20.9 Å². The molecule has 0 radical (unpaired) electrons. The molecule has 0 spiro atoms. The number of carboxylic acids is 1. The predicted molar refractivity (Wildman–Crippen MR) is 169 cm³/mol. The second kappa shape index (κ2) is 16.3. The van der Waals surface area contributed by atoms with Crippen LogP contribution in [0.3, 0.4) is 0 Å². The highest BCUT2D eigenvalue weighted by Crippen LogP contribution is 2.40. The van der Waals surface area contributed by atoms with E-state index in [4.69, 9.17) is 5.73 Å². The van der Waals surface area contributed by atoms with Crippen LogP contribution in [0.4, 0.5) is 0 Å². The van der Waals surface area contributed by atoms with Crippen molar-refractivity contribution in [1.82, 2.24) is 20.5 Å². The summed E-state index contributed by atoms with van der Waals surface area (Å²) in [5.74, 6) is -1.62. The van der Waals surface area contributed by atoms with E-state index in [2.05, 4.69) is 15.6 Å². The Labute approximate surface area is 278 Å². The molecule has 1 fully saturated rings. The van der Waals surface area contributed by atoms with Gasteiger partial charge in [0.05, 0.1) is 21.5 Å². The summed E-state index contributed by atoms with van der Waals surface area (Å²) in [4.78, 5) is 55.6. The molecular weight excluding hydrogens is 667 g/mol. The Bertz CT molecular complexity index is 1550. The van der Waals surface area contributed by atoms with Crippen LogP contribution in [-0.4, -0.2) is 74.7 Å². The second-order valence-corrected chi connectivity index (χ2v) is 12.8. The standard InChI is InChI=1S/C28H28N6O5S3.2ClH/c29-10-4-11-30-24(36)17-8-13-33(14-9-17)12-3-5-18-15-40-26-22(25(37)34(26)23(18)27(38)39)32-21(35)16-41-28-31-19-6-1-2-7-20(19)42-28;;/h1-3,5-9,13-14,22,26H,4,10-12,15-16,29H2,(H2-,30,32,35,36,38,39);2*1H/b5-3+;;/t22-,26-;;/m1../s1. The molecule has 1 aromatic carbocycles. The first kappa shape index (κ1) is 35.3. The molecule has 0 saturated carbocycles. The third-order valence-electron chi connectivity index (χ3n) is 6.57. The minimum Gasteiger partial charge on any atom is -1.00 e. The molecule has 11 nitrogen and oxygen atoms in total. The van der Waals surface area contributed by atoms with E-state index in [9.17, 15) is 24.3 Å². The molecule has 0 aliphatic carbocycles. The summed E-state index contributed by atoms with van der Waals surface area (Å²) in [5.41, 5.74) is 7.31. The average molecular weight is 698 g/mol. The number of nitrogens with one attached hydrogen (secondary N) is 2. The number of carboxylic acid groups (broad SMARTS) is 1. The number of amides is 3. The number of thioether (sulfide) groups is 2. The summed E-state index contributed by atoms with van der Waals surface area (Å²) in [5, 5.41) is 15.0. The topological polar surface area (TPSA) is 159 Å². The van der Waals surface area contributed by atoms with Gasteiger partial charge in [0, 0.05) is 24.4 Å². The number of halogens is 2. The van der Waals surface area contributed by atoms with Gasteiger partial charge in [-0.05, 0) is 36.7 Å². The fourth-order valence-corrected chi connectivity index (χ4v) is 7.68. The molecule has 2 aliphatic heterocycles. The Morgan fingerprint density at radius 3 is 2.66 bits per heavy atom. The number of carbonyl (C=O) groups excluding carboxylic acids is 3. The van der Waals surface area contributed by atoms with Crippen molar-refractivity contribution in [3.8, 4) is 0 Å². The van der Waals surface area contributed by atoms with Gasteiger partial charge >= 0.3 is 5.97 Å². The van der Waals surface area contributed by atoms with Crippen molar-refractivity contribution in [3.05, 3.63) is 77.8 Å². The number of benzene rings is 1. The molecule has 1 saturated heterocycles. The normalized spacial score (nSPS) is 17.4. The second-order valence-electron chi connectivity index (χ2n) is 9.45. The Morgan fingerprint density at radius 2 is 1.95 bits per heavy atom. The molecule has 2 atom stereocenters. The first-order valence-electron chi connectivity index (χ1n) is 13.2. The van der Waals surface area contributed by atoms with E-state index in [1.54, 1.807) is 30.6 Å². The van der Waals surface area contributed by atoms with Gasteiger partial charge in [-0.1, -0.05) is 30.0 Å². The van der Waals surface area contributed by atoms with Crippen LogP contribution >= 0.6 is 47.3 Å². The molecule has 3 aromatic rings. The molecule has 44 heavy (non-hydrogen) atoms. The minimum absolute atomic E-state index is 0. The summed E-state index contributed by atoms with van der Waals surface area (Å²) < 4.78 is 3.65. The van der Waals surface area contributed by atoms with E-state index < -0.39 is 23.3 Å². The fraction of sp³-hybridized carbons (Fsp3) is 0.286. The molecule has 234 valence electrons. The lowest BCUT2D eigenvalue weighted by atomic mass is 10.0. The van der Waals surface area contributed by atoms with Crippen molar-refractivity contribution >= 4 is 81.2 Å². The van der Waals surface area contributed by atoms with Crippen molar-refractivity contribution in [2.75, 3.05) is 24.6 Å². The molecule has 0 bridgehead atoms. The van der Waals surface area contributed by atoms with Gasteiger partial charge in [0.1, 0.15) is 17.1 Å². The monoisotopic (exact) mass is 696 g/mol. The number of β-lactam (4-membered cyclic amide) rings is 1. The average Bonchev–Trinajstić information content (AvgIpc) is 3.42. The number of aliphatic carboxylic acids is 1. The van der Waals surface area contributed by atoms with Crippen molar-refractivity contribution in [2.24, 2.45) is 5.73 Å². The molecule has 2 aliphatic rings. The number of nitrogens with zero attached hydrogens (tertiary/aromatic N) is 3. The third-order valence-corrected chi connectivity index (χ3v) is 10.1. The fourth-order valence-electron chi connectivity index (χ4n) is 4.48. The minimum atomic E-state index is -1.19. The summed E-state index contributed by atoms with van der Waals surface area (Å²) >= 11 is 4.22. The molecule has 2 aromatic heterocycles. The predicted octanol–water partition coefficient (Wildman–Crippen LogP) is -0.825. The van der Waals surface area contributed by atoms with Gasteiger partial charge in [-0.2, -0.15) is 0 Å². The number of hydrogen-bond acceptors (Lipinski definition) is 9. The number of fused-ring (bicyclic) bond motifs is 2. The molecule has 4 heterocycles. The number of nitrogens with two attached hydrogens (primary N) is 1. The number of aromatic nitrogens is 2. The lowest BCUT2D eigenvalue weighted by molar-refractivity contribution is -0.687. The van der Waals surface area contributed by atoms with Gasteiger partial charge < -0.3 is 33.9 Å². The number of rotatable bonds is 12. The SMILES string of the molecule is Cl.NCCCNC(=O)c1cc[n+](C/C=C/C2=C(C(=O)O)N3C(=O)[C@@H](NC(=O)CSc4nc5ccccc5s4)[C@H]3SC2)cc1.[Cl-]. The summed E-state index contributed by atoms with van der Waals surface area (Å²) in [6, 6.07) is 10.4. The van der Waals surface area contributed by atoms with Gasteiger partial charge in [0.25, 0.3) is 11.8 Å². The Morgan fingerprint density at radius 1 is 1.20 bits per heavy atom. The highest BCUT2D eigenvalue weighted by atomic mass is 35.5. The Hall–Kier alpha value is -3.14. The van der Waals surface area contributed by atoms with Crippen LogP contribution in [0.25, 0.3) is 10.2 Å². The third kappa shape index (κ3) is 8.11. The van der Waals surface area contributed by atoms with Gasteiger partial charge in [-0.25, -0.2) is 14.3 Å². The van der Waals surface area contributed by atoms with Gasteiger partial charge in [0.15, 0.2) is 23.3 Å². The number of carbonyl (C=O) groups is 4. The van der Waals surface area contributed by atoms with Gasteiger partial charge in [-0.15, -0.1) is 35.5 Å². The van der Waals surface area contributed by atoms with E-state index >= 15 is 0 Å². The van der Waals surface area contributed by atoms with Crippen molar-refractivity contribution in [2.45, 2.75) is 28.7 Å². The lowest BCUT2D eigenvalue weighted by Crippen LogP contribution is -3.00. The number of para-hydroxylation sites is 1. The lowest BCUT2D eigenvalue weighted by Gasteiger charge is -2.49. The van der Waals surface area contributed by atoms with E-state index in [1.165, 1.54) is 39.8 Å². The summed E-state index contributed by atoms with van der Waals surface area (Å²) in [7, 11) is 0. The highest BCUT2D eigenvalue weighted by molar-refractivity contribution is 8.01. The number of hydrogen-bond donors (Lipinski definition) is 4. The molecule has 3 amide bonds. The Kier molecular flexibility index (Phi) is 13.1. The van der Waals surface area contributed by atoms with Crippen molar-refractivity contribution < 1.29 is 41.3 Å². The van der Waals surface area contributed by atoms with E-state index in [0.29, 0.717) is 42.9 Å². The van der Waals surface area contributed by atoms with Crippen LogP contribution in [0.5, 0.6) is 0 Å². The smallest absolute Gasteiger partial charge is 0.352 e. The highest BCUT2D eigenvalue weighted by Gasteiger charge is 2.53. The summed E-state index contributed by atoms with van der Waals surface area (Å²) in [6.45, 7) is 1.47. The van der Waals surface area contributed by atoms with Crippen LogP contribution < -0.4 is 33.3 Å². The van der Waals surface area contributed by atoms with Crippen molar-refractivity contribution in [1.29, 1.82) is 0 Å². The first-order valence-corrected chi connectivity index (χ1v) is 16.0. The quantitative estimate of drug-likeness (QED) is 0.0822. The van der Waals surface area contributed by atoms with Crippen LogP contribution in [0.1, 0.15) is 16.8 Å². The van der Waals surface area contributed by atoms with E-state index in [1.807, 2.05) is 34.9 Å². The Balaban J connectivity index is 0.00000264. The van der Waals surface area contributed by atoms with E-state index in [-0.39, 0.29) is 48.1 Å². The maximum absolute atomic E-state index is 13.0. The zero-order valence-corrected chi connectivity index (χ0v) is 27.2. The van der Waals surface area contributed by atoms with Crippen LogP contribution in [0.2, 0.25) is 0 Å². The first-order chi connectivity index (χ1) is 20.4. The molecular formula is C28H30Cl2N6O5S3. The molecule has 16 heteroatoms. The van der Waals surface area contributed by atoms with Gasteiger partial charge in [0.2, 0.25) is 5.91 Å². The molecule has 0 unspecified atom stereocenters. The number of thiazole rings is 1. The zero-order chi connectivity index (χ0) is 29.6. The maximum Gasteiger partial charge on any atom is 0.352 e. The van der Waals surface area contributed by atoms with Crippen molar-refractivity contribution in [3.63, 3.8) is 0 Å². The maximum atomic E-state index is 13.0. The molecule has 5 N–H and O–H groups in total. The van der Waals surface area contributed by atoms with E-state index in [0.717, 1.165) is 14.6 Å². The van der Waals surface area contributed by atoms with Crippen LogP contribution in [0.15, 0.2) is 76.6 Å². The molecule has 5 rings (SSSR count). The summed E-state index contributed by atoms with van der Waals surface area (Å²) in [6.07, 6.45) is 7.76. The number of allylic oxidation sites excluding steroid dienone is 2. The zero-order valence-electron chi connectivity index (χ0n) is 23.2. The van der Waals surface area contributed by atoms with Gasteiger partial charge in [-0.3, -0.25) is 19.3 Å². The van der Waals surface area contributed by atoms with Crippen LogP contribution in [0, 0.1) is 0 Å². The largest absolute Gasteiger partial charge is 1.00 e. The number of pyridine rings is 1.